The monoisotopic (exact) mass is 237 g/mol. The maximum absolute atomic E-state index is 11.6. The number of ether oxygens (including phenoxy) is 1. The molecule has 3 nitrogen and oxygen atoms in total. The minimum absolute atomic E-state index is 0.0678. The first-order valence-electron chi connectivity index (χ1n) is 6.83. The number of hydrogen-bond donors (Lipinski definition) is 1. The molecule has 1 heterocycles. The molecule has 1 aliphatic carbocycles. The van der Waals surface area contributed by atoms with Gasteiger partial charge in [0.2, 0.25) is 5.91 Å². The van der Waals surface area contributed by atoms with Crippen LogP contribution in [0.5, 0.6) is 0 Å². The summed E-state index contributed by atoms with van der Waals surface area (Å²) in [6.45, 7) is 4.70. The van der Waals surface area contributed by atoms with Gasteiger partial charge in [-0.15, -0.1) is 0 Å². The molecule has 1 saturated heterocycles. The van der Waals surface area contributed by atoms with Crippen molar-refractivity contribution in [2.45, 2.75) is 32.6 Å². The molecule has 0 bridgehead atoms. The zero-order chi connectivity index (χ0) is 12.1. The highest BCUT2D eigenvalue weighted by atomic mass is 16.5. The molecule has 2 fully saturated rings. The van der Waals surface area contributed by atoms with E-state index in [1.54, 1.807) is 6.08 Å². The second-order valence-corrected chi connectivity index (χ2v) is 5.23. The summed E-state index contributed by atoms with van der Waals surface area (Å²) in [5, 5.41) is 2.99. The van der Waals surface area contributed by atoms with E-state index in [4.69, 9.17) is 4.74 Å². The zero-order valence-electron chi connectivity index (χ0n) is 10.7. The molecule has 1 aliphatic heterocycles. The van der Waals surface area contributed by atoms with Gasteiger partial charge in [0, 0.05) is 19.8 Å². The van der Waals surface area contributed by atoms with Gasteiger partial charge in [0.15, 0.2) is 0 Å². The van der Waals surface area contributed by atoms with E-state index in [0.29, 0.717) is 11.8 Å². The van der Waals surface area contributed by atoms with Crippen molar-refractivity contribution in [2.24, 2.45) is 17.8 Å². The Hall–Kier alpha value is -0.830. The quantitative estimate of drug-likeness (QED) is 0.744. The fourth-order valence-electron chi connectivity index (χ4n) is 2.44. The summed E-state index contributed by atoms with van der Waals surface area (Å²) < 4.78 is 5.29. The largest absolute Gasteiger partial charge is 0.381 e. The number of allylic oxidation sites excluding steroid dienone is 1. The van der Waals surface area contributed by atoms with E-state index in [9.17, 15) is 4.79 Å². The predicted octanol–water partition coefficient (Wildman–Crippen LogP) is 2.13. The Bertz CT molecular complexity index is 282. The normalized spacial score (nSPS) is 29.5. The first-order chi connectivity index (χ1) is 8.29. The van der Waals surface area contributed by atoms with Gasteiger partial charge in [-0.2, -0.15) is 0 Å². The first-order valence-corrected chi connectivity index (χ1v) is 6.83. The molecule has 2 unspecified atom stereocenters. The maximum atomic E-state index is 11.6. The molecule has 3 heteroatoms. The van der Waals surface area contributed by atoms with Crippen LogP contribution in [0.4, 0.5) is 0 Å². The summed E-state index contributed by atoms with van der Waals surface area (Å²) in [6, 6.07) is 0. The molecule has 1 N–H and O–H groups in total. The van der Waals surface area contributed by atoms with Crippen LogP contribution in [-0.2, 0) is 9.53 Å². The number of nitrogens with one attached hydrogen (secondary N) is 1. The third-order valence-electron chi connectivity index (χ3n) is 3.90. The predicted molar refractivity (Wildman–Crippen MR) is 67.6 cm³/mol. The Morgan fingerprint density at radius 1 is 1.41 bits per heavy atom. The molecule has 2 aliphatic rings. The summed E-state index contributed by atoms with van der Waals surface area (Å²) in [5.41, 5.74) is 0. The Morgan fingerprint density at radius 2 is 2.18 bits per heavy atom. The molecule has 0 aromatic heterocycles. The van der Waals surface area contributed by atoms with Gasteiger partial charge in [0.1, 0.15) is 0 Å². The number of carbonyl (C=O) groups excluding carboxylic acids is 1. The zero-order valence-corrected chi connectivity index (χ0v) is 10.7. The Kier molecular flexibility index (Phi) is 4.60. The van der Waals surface area contributed by atoms with Gasteiger partial charge in [-0.25, -0.2) is 0 Å². The standard InChI is InChI=1S/C14H23NO2/c1-2-12-9-13(12)3-4-14(16)15-10-11-5-7-17-8-6-11/h3-4,11-13H,2,5-10H2,1H3,(H,15,16). The van der Waals surface area contributed by atoms with Gasteiger partial charge in [0.25, 0.3) is 0 Å². The van der Waals surface area contributed by atoms with Crippen molar-refractivity contribution in [1.29, 1.82) is 0 Å². The summed E-state index contributed by atoms with van der Waals surface area (Å²) in [7, 11) is 0. The molecular formula is C14H23NO2. The van der Waals surface area contributed by atoms with E-state index in [1.807, 2.05) is 0 Å². The van der Waals surface area contributed by atoms with Crippen LogP contribution in [0.1, 0.15) is 32.6 Å². The molecule has 0 aromatic carbocycles. The number of hydrogen-bond acceptors (Lipinski definition) is 2. The van der Waals surface area contributed by atoms with Crippen LogP contribution >= 0.6 is 0 Å². The minimum atomic E-state index is 0.0678. The Morgan fingerprint density at radius 3 is 2.82 bits per heavy atom. The van der Waals surface area contributed by atoms with Crippen molar-refractivity contribution in [3.63, 3.8) is 0 Å². The van der Waals surface area contributed by atoms with E-state index in [1.165, 1.54) is 12.8 Å². The second kappa shape index (κ2) is 6.20. The Balaban J connectivity index is 1.60. The van der Waals surface area contributed by atoms with Crippen LogP contribution in [0.15, 0.2) is 12.2 Å². The lowest BCUT2D eigenvalue weighted by Crippen LogP contribution is -2.31. The van der Waals surface area contributed by atoms with E-state index in [-0.39, 0.29) is 5.91 Å². The maximum Gasteiger partial charge on any atom is 0.243 e. The second-order valence-electron chi connectivity index (χ2n) is 5.23. The number of amides is 1. The van der Waals surface area contributed by atoms with Crippen LogP contribution in [0.25, 0.3) is 0 Å². The van der Waals surface area contributed by atoms with Crippen LogP contribution in [-0.4, -0.2) is 25.7 Å². The van der Waals surface area contributed by atoms with Gasteiger partial charge in [-0.05, 0) is 43.1 Å². The molecule has 1 saturated carbocycles. The summed E-state index contributed by atoms with van der Waals surface area (Å²) in [6.07, 6.45) is 8.45. The molecule has 2 atom stereocenters. The van der Waals surface area contributed by atoms with Crippen LogP contribution < -0.4 is 5.32 Å². The van der Waals surface area contributed by atoms with E-state index in [2.05, 4.69) is 18.3 Å². The van der Waals surface area contributed by atoms with Gasteiger partial charge >= 0.3 is 0 Å². The highest BCUT2D eigenvalue weighted by Gasteiger charge is 2.32. The number of carbonyl (C=O) groups is 1. The van der Waals surface area contributed by atoms with Crippen molar-refractivity contribution >= 4 is 5.91 Å². The molecular weight excluding hydrogens is 214 g/mol. The minimum Gasteiger partial charge on any atom is -0.381 e. The smallest absolute Gasteiger partial charge is 0.243 e. The lowest BCUT2D eigenvalue weighted by atomic mass is 10.0. The van der Waals surface area contributed by atoms with Gasteiger partial charge in [0.05, 0.1) is 0 Å². The molecule has 1 amide bonds. The topological polar surface area (TPSA) is 38.3 Å². The highest BCUT2D eigenvalue weighted by molar-refractivity contribution is 5.87. The van der Waals surface area contributed by atoms with Crippen molar-refractivity contribution in [3.8, 4) is 0 Å². The molecule has 17 heavy (non-hydrogen) atoms. The third-order valence-corrected chi connectivity index (χ3v) is 3.90. The molecule has 0 spiro atoms. The molecule has 2 rings (SSSR count). The SMILES string of the molecule is CCC1CC1C=CC(=O)NCC1CCOCC1. The fourth-order valence-corrected chi connectivity index (χ4v) is 2.44. The van der Waals surface area contributed by atoms with Crippen LogP contribution in [0.3, 0.4) is 0 Å². The van der Waals surface area contributed by atoms with Crippen LogP contribution in [0, 0.1) is 17.8 Å². The van der Waals surface area contributed by atoms with Crippen molar-refractivity contribution in [1.82, 2.24) is 5.32 Å². The van der Waals surface area contributed by atoms with E-state index < -0.39 is 0 Å². The first kappa shape index (κ1) is 12.6. The molecule has 96 valence electrons. The third kappa shape index (κ3) is 4.15. The summed E-state index contributed by atoms with van der Waals surface area (Å²) >= 11 is 0. The van der Waals surface area contributed by atoms with Crippen LogP contribution in [0.2, 0.25) is 0 Å². The van der Waals surface area contributed by atoms with Crippen molar-refractivity contribution in [2.75, 3.05) is 19.8 Å². The molecule has 0 radical (unpaired) electrons. The summed E-state index contributed by atoms with van der Waals surface area (Å²) in [5.74, 6) is 2.16. The van der Waals surface area contributed by atoms with Crippen molar-refractivity contribution in [3.05, 3.63) is 12.2 Å². The van der Waals surface area contributed by atoms with E-state index in [0.717, 1.165) is 38.5 Å². The lowest BCUT2D eigenvalue weighted by Gasteiger charge is -2.21. The van der Waals surface area contributed by atoms with E-state index >= 15 is 0 Å². The Labute approximate surface area is 104 Å². The van der Waals surface area contributed by atoms with Crippen molar-refractivity contribution < 1.29 is 9.53 Å². The molecule has 0 aromatic rings. The van der Waals surface area contributed by atoms with Gasteiger partial charge in [-0.3, -0.25) is 4.79 Å². The average Bonchev–Trinajstić information content (AvgIpc) is 3.14. The summed E-state index contributed by atoms with van der Waals surface area (Å²) in [4.78, 5) is 11.6. The van der Waals surface area contributed by atoms with Gasteiger partial charge in [-0.1, -0.05) is 19.4 Å². The highest BCUT2D eigenvalue weighted by Crippen LogP contribution is 2.41. The fraction of sp³-hybridized carbons (Fsp3) is 0.786. The van der Waals surface area contributed by atoms with Gasteiger partial charge < -0.3 is 10.1 Å². The average molecular weight is 237 g/mol. The number of rotatable bonds is 5. The lowest BCUT2D eigenvalue weighted by molar-refractivity contribution is -0.116.